The number of aromatic amines is 1. The first-order valence-corrected chi connectivity index (χ1v) is 10.7. The first-order valence-electron chi connectivity index (χ1n) is 9.85. The van der Waals surface area contributed by atoms with Crippen molar-refractivity contribution < 1.29 is 4.79 Å². The van der Waals surface area contributed by atoms with Crippen LogP contribution in [0.5, 0.6) is 0 Å². The van der Waals surface area contributed by atoms with Crippen LogP contribution in [0.25, 0.3) is 11.0 Å². The molecule has 4 rings (SSSR count). The number of rotatable bonds is 5. The number of nitrogens with one attached hydrogen (secondary N) is 2. The molecule has 1 aliphatic rings. The number of thiophene rings is 1. The number of hydrogen-bond acceptors (Lipinski definition) is 4. The summed E-state index contributed by atoms with van der Waals surface area (Å²) >= 11 is 1.79. The number of H-pyrrole nitrogens is 1. The summed E-state index contributed by atoms with van der Waals surface area (Å²) in [6.07, 6.45) is 0. The van der Waals surface area contributed by atoms with Crippen molar-refractivity contribution in [2.75, 3.05) is 26.2 Å². The number of fused-ring (bicyclic) bond motifs is 1. The van der Waals surface area contributed by atoms with E-state index in [4.69, 9.17) is 4.98 Å². The van der Waals surface area contributed by atoms with Gasteiger partial charge in [0.15, 0.2) is 0 Å². The van der Waals surface area contributed by atoms with Crippen LogP contribution < -0.4 is 5.32 Å². The van der Waals surface area contributed by atoms with E-state index in [1.165, 1.54) is 4.88 Å². The average Bonchev–Trinajstić information content (AvgIpc) is 3.35. The summed E-state index contributed by atoms with van der Waals surface area (Å²) < 4.78 is 0. The van der Waals surface area contributed by atoms with Gasteiger partial charge in [-0.3, -0.25) is 4.90 Å². The largest absolute Gasteiger partial charge is 0.340 e. The maximum atomic E-state index is 12.9. The van der Waals surface area contributed by atoms with E-state index in [2.05, 4.69) is 46.6 Å². The molecule has 2 amide bonds. The van der Waals surface area contributed by atoms with Crippen LogP contribution in [0, 0.1) is 5.92 Å². The predicted molar refractivity (Wildman–Crippen MR) is 113 cm³/mol. The van der Waals surface area contributed by atoms with E-state index < -0.39 is 0 Å². The highest BCUT2D eigenvalue weighted by molar-refractivity contribution is 7.09. The number of hydrogen-bond donors (Lipinski definition) is 2. The van der Waals surface area contributed by atoms with Crippen molar-refractivity contribution in [2.24, 2.45) is 5.92 Å². The molecule has 1 aromatic carbocycles. The Kier molecular flexibility index (Phi) is 5.64. The van der Waals surface area contributed by atoms with Crippen molar-refractivity contribution in [1.82, 2.24) is 25.1 Å². The lowest BCUT2D eigenvalue weighted by atomic mass is 10.0. The summed E-state index contributed by atoms with van der Waals surface area (Å²) in [7, 11) is 0. The quantitative estimate of drug-likeness (QED) is 0.687. The lowest BCUT2D eigenvalue weighted by Crippen LogP contribution is -2.52. The zero-order valence-electron chi connectivity index (χ0n) is 16.4. The van der Waals surface area contributed by atoms with E-state index in [0.29, 0.717) is 0 Å². The molecule has 1 saturated heterocycles. The molecule has 0 aliphatic carbocycles. The van der Waals surface area contributed by atoms with Crippen LogP contribution in [0.15, 0.2) is 41.8 Å². The molecule has 1 fully saturated rings. The molecule has 3 aromatic rings. The van der Waals surface area contributed by atoms with Gasteiger partial charge in [0.2, 0.25) is 0 Å². The number of nitrogens with zero attached hydrogens (tertiary/aromatic N) is 3. The molecular formula is C21H27N5OS. The molecule has 3 heterocycles. The van der Waals surface area contributed by atoms with Crippen molar-refractivity contribution in [3.05, 3.63) is 52.5 Å². The van der Waals surface area contributed by atoms with Crippen LogP contribution >= 0.6 is 11.3 Å². The summed E-state index contributed by atoms with van der Waals surface area (Å²) in [5.41, 5.74) is 1.93. The summed E-state index contributed by atoms with van der Waals surface area (Å²) in [6, 6.07) is 12.1. The van der Waals surface area contributed by atoms with Gasteiger partial charge in [0.25, 0.3) is 0 Å². The van der Waals surface area contributed by atoms with Crippen molar-refractivity contribution >= 4 is 28.4 Å². The third kappa shape index (κ3) is 4.20. The minimum atomic E-state index is -0.135. The Bertz CT molecular complexity index is 879. The number of para-hydroxylation sites is 2. The van der Waals surface area contributed by atoms with Gasteiger partial charge in [0, 0.05) is 37.6 Å². The molecule has 0 bridgehead atoms. The minimum absolute atomic E-state index is 0.00469. The Labute approximate surface area is 169 Å². The second-order valence-electron chi connectivity index (χ2n) is 7.65. The monoisotopic (exact) mass is 397 g/mol. The van der Waals surface area contributed by atoms with E-state index in [-0.39, 0.29) is 18.0 Å². The van der Waals surface area contributed by atoms with Crippen LogP contribution in [-0.4, -0.2) is 52.0 Å². The van der Waals surface area contributed by atoms with Crippen molar-refractivity contribution in [1.29, 1.82) is 0 Å². The van der Waals surface area contributed by atoms with Crippen LogP contribution in [0.3, 0.4) is 0 Å². The number of piperazine rings is 1. The standard InChI is InChI=1S/C21H27N5OS/c1-15(2)19(20-22-17-7-3-4-8-18(17)23-20)24-21(27)26-11-9-25(10-12-26)14-16-6-5-13-28-16/h3-8,13,15,19H,9-12,14H2,1-2H3,(H,22,23)(H,24,27). The highest BCUT2D eigenvalue weighted by Crippen LogP contribution is 2.23. The normalized spacial score (nSPS) is 16.6. The van der Waals surface area contributed by atoms with E-state index in [9.17, 15) is 4.79 Å². The fraction of sp³-hybridized carbons (Fsp3) is 0.429. The van der Waals surface area contributed by atoms with Gasteiger partial charge in [-0.1, -0.05) is 32.0 Å². The molecule has 2 N–H and O–H groups in total. The SMILES string of the molecule is CC(C)C(NC(=O)N1CCN(Cc2cccs2)CC1)c1nc2ccccc2[nH]1. The van der Waals surface area contributed by atoms with Gasteiger partial charge < -0.3 is 15.2 Å². The van der Waals surface area contributed by atoms with Crippen LogP contribution in [0.4, 0.5) is 4.79 Å². The molecular weight excluding hydrogens is 370 g/mol. The zero-order chi connectivity index (χ0) is 19.5. The van der Waals surface area contributed by atoms with Gasteiger partial charge in [-0.15, -0.1) is 11.3 Å². The average molecular weight is 398 g/mol. The van der Waals surface area contributed by atoms with E-state index in [1.54, 1.807) is 11.3 Å². The lowest BCUT2D eigenvalue weighted by molar-refractivity contribution is 0.132. The summed E-state index contributed by atoms with van der Waals surface area (Å²) in [6.45, 7) is 8.50. The van der Waals surface area contributed by atoms with E-state index in [1.807, 2.05) is 29.2 Å². The second kappa shape index (κ2) is 8.32. The van der Waals surface area contributed by atoms with Crippen molar-refractivity contribution in [2.45, 2.75) is 26.4 Å². The first-order chi connectivity index (χ1) is 13.6. The van der Waals surface area contributed by atoms with Crippen LogP contribution in [0.2, 0.25) is 0 Å². The van der Waals surface area contributed by atoms with Gasteiger partial charge in [-0.2, -0.15) is 0 Å². The highest BCUT2D eigenvalue weighted by Gasteiger charge is 2.26. The van der Waals surface area contributed by atoms with Crippen molar-refractivity contribution in [3.63, 3.8) is 0 Å². The fourth-order valence-electron chi connectivity index (χ4n) is 3.63. The number of carbonyl (C=O) groups excluding carboxylic acids is 1. The molecule has 0 spiro atoms. The number of amides is 2. The Morgan fingerprint density at radius 3 is 2.64 bits per heavy atom. The molecule has 148 valence electrons. The molecule has 7 heteroatoms. The topological polar surface area (TPSA) is 64.3 Å². The lowest BCUT2D eigenvalue weighted by Gasteiger charge is -2.35. The zero-order valence-corrected chi connectivity index (χ0v) is 17.2. The third-order valence-electron chi connectivity index (χ3n) is 5.27. The van der Waals surface area contributed by atoms with Crippen LogP contribution in [-0.2, 0) is 6.54 Å². The molecule has 0 saturated carbocycles. The minimum Gasteiger partial charge on any atom is -0.340 e. The van der Waals surface area contributed by atoms with Gasteiger partial charge in [0.05, 0.1) is 17.1 Å². The van der Waals surface area contributed by atoms with Crippen molar-refractivity contribution in [3.8, 4) is 0 Å². The summed E-state index contributed by atoms with van der Waals surface area (Å²) in [5, 5.41) is 5.31. The van der Waals surface area contributed by atoms with Gasteiger partial charge >= 0.3 is 6.03 Å². The Morgan fingerprint density at radius 1 is 1.18 bits per heavy atom. The van der Waals surface area contributed by atoms with Gasteiger partial charge in [-0.25, -0.2) is 9.78 Å². The Hall–Kier alpha value is -2.38. The molecule has 1 unspecified atom stereocenters. The molecule has 0 radical (unpaired) electrons. The molecule has 2 aromatic heterocycles. The highest BCUT2D eigenvalue weighted by atomic mass is 32.1. The molecule has 28 heavy (non-hydrogen) atoms. The maximum Gasteiger partial charge on any atom is 0.318 e. The number of aromatic nitrogens is 2. The third-order valence-corrected chi connectivity index (χ3v) is 6.13. The summed E-state index contributed by atoms with van der Waals surface area (Å²) in [4.78, 5) is 26.6. The number of carbonyl (C=O) groups is 1. The van der Waals surface area contributed by atoms with Gasteiger partial charge in [-0.05, 0) is 29.5 Å². The Morgan fingerprint density at radius 2 is 1.96 bits per heavy atom. The van der Waals surface area contributed by atoms with E-state index in [0.717, 1.165) is 49.6 Å². The summed E-state index contributed by atoms with van der Waals surface area (Å²) in [5.74, 6) is 1.06. The first kappa shape index (κ1) is 19.0. The predicted octanol–water partition coefficient (Wildman–Crippen LogP) is 3.85. The molecule has 6 nitrogen and oxygen atoms in total. The fourth-order valence-corrected chi connectivity index (χ4v) is 4.37. The number of urea groups is 1. The smallest absolute Gasteiger partial charge is 0.318 e. The second-order valence-corrected chi connectivity index (χ2v) is 8.69. The van der Waals surface area contributed by atoms with E-state index >= 15 is 0 Å². The van der Waals surface area contributed by atoms with Crippen LogP contribution in [0.1, 0.15) is 30.6 Å². The Balaban J connectivity index is 1.37. The van der Waals surface area contributed by atoms with Gasteiger partial charge in [0.1, 0.15) is 5.82 Å². The molecule has 1 atom stereocenters. The maximum absolute atomic E-state index is 12.9. The number of benzene rings is 1. The molecule has 1 aliphatic heterocycles. The number of imidazole rings is 1.